The van der Waals surface area contributed by atoms with Crippen molar-refractivity contribution in [3.8, 4) is 0 Å². The maximum atomic E-state index is 4.10. The van der Waals surface area contributed by atoms with E-state index in [1.165, 1.54) is 0 Å². The molecule has 3 nitrogen and oxygen atoms in total. The van der Waals surface area contributed by atoms with Crippen LogP contribution < -0.4 is 0 Å². The van der Waals surface area contributed by atoms with E-state index < -0.39 is 0 Å². The third-order valence-electron chi connectivity index (χ3n) is 1.70. The highest BCUT2D eigenvalue weighted by Gasteiger charge is 2.13. The molecule has 0 unspecified atom stereocenters. The van der Waals surface area contributed by atoms with Crippen molar-refractivity contribution in [3.05, 3.63) is 11.4 Å². The molecule has 1 aromatic heterocycles. The number of rotatable bonds is 2. The van der Waals surface area contributed by atoms with Crippen molar-refractivity contribution < 1.29 is 0 Å². The summed E-state index contributed by atoms with van der Waals surface area (Å²) in [7, 11) is 0. The standard InChI is InChI=1S/C8H15N3.C2H6/c1-5(2)7-8(6(3)4)10-11-9-7;1-2/h5-6H,1-4H3,(H,9,10,11);1-2H3. The molecule has 0 aliphatic rings. The molecule has 0 fully saturated rings. The van der Waals surface area contributed by atoms with Gasteiger partial charge in [-0.3, -0.25) is 0 Å². The largest absolute Gasteiger partial charge is 0.197 e. The van der Waals surface area contributed by atoms with Gasteiger partial charge in [0.15, 0.2) is 0 Å². The molecule has 3 heteroatoms. The van der Waals surface area contributed by atoms with E-state index in [1.807, 2.05) is 13.8 Å². The zero-order valence-electron chi connectivity index (χ0n) is 9.55. The fourth-order valence-corrected chi connectivity index (χ4v) is 1.10. The molecule has 1 heterocycles. The summed E-state index contributed by atoms with van der Waals surface area (Å²) in [6, 6.07) is 0. The van der Waals surface area contributed by atoms with Crippen LogP contribution in [0.15, 0.2) is 0 Å². The minimum Gasteiger partial charge on any atom is -0.197 e. The van der Waals surface area contributed by atoms with Gasteiger partial charge in [0.2, 0.25) is 0 Å². The molecular formula is C10H21N3. The van der Waals surface area contributed by atoms with Crippen LogP contribution in [0, 0.1) is 0 Å². The van der Waals surface area contributed by atoms with E-state index in [-0.39, 0.29) is 0 Å². The van der Waals surface area contributed by atoms with Crippen LogP contribution in [0.4, 0.5) is 0 Å². The van der Waals surface area contributed by atoms with Gasteiger partial charge in [0.25, 0.3) is 0 Å². The summed E-state index contributed by atoms with van der Waals surface area (Å²) >= 11 is 0. The number of hydrogen-bond donors (Lipinski definition) is 1. The van der Waals surface area contributed by atoms with Gasteiger partial charge in [-0.25, -0.2) is 0 Å². The molecule has 1 rings (SSSR count). The molecule has 76 valence electrons. The summed E-state index contributed by atoms with van der Waals surface area (Å²) in [4.78, 5) is 0. The van der Waals surface area contributed by atoms with Gasteiger partial charge in [-0.1, -0.05) is 41.5 Å². The molecule has 0 atom stereocenters. The summed E-state index contributed by atoms with van der Waals surface area (Å²) in [5.74, 6) is 0.928. The Morgan fingerprint density at radius 1 is 0.846 bits per heavy atom. The molecule has 1 N–H and O–H groups in total. The highest BCUT2D eigenvalue weighted by Crippen LogP contribution is 2.20. The van der Waals surface area contributed by atoms with Gasteiger partial charge < -0.3 is 0 Å². The third-order valence-corrected chi connectivity index (χ3v) is 1.70. The predicted octanol–water partition coefficient (Wildman–Crippen LogP) is 3.08. The first-order chi connectivity index (χ1) is 6.13. The van der Waals surface area contributed by atoms with Gasteiger partial charge in [-0.15, -0.1) is 0 Å². The first-order valence-corrected chi connectivity index (χ1v) is 5.03. The smallest absolute Gasteiger partial charge is 0.0884 e. The van der Waals surface area contributed by atoms with E-state index in [4.69, 9.17) is 0 Å². The van der Waals surface area contributed by atoms with Gasteiger partial charge >= 0.3 is 0 Å². The molecule has 0 bridgehead atoms. The number of aromatic nitrogens is 3. The first-order valence-electron chi connectivity index (χ1n) is 5.03. The molecule has 0 amide bonds. The Hall–Kier alpha value is -0.860. The molecule has 1 aromatic rings. The van der Waals surface area contributed by atoms with E-state index >= 15 is 0 Å². The lowest BCUT2D eigenvalue weighted by Gasteiger charge is -2.04. The van der Waals surface area contributed by atoms with Crippen LogP contribution >= 0.6 is 0 Å². The lowest BCUT2D eigenvalue weighted by molar-refractivity contribution is 0.759. The van der Waals surface area contributed by atoms with Gasteiger partial charge in [0, 0.05) is 0 Å². The number of aromatic amines is 1. The Kier molecular flexibility index (Phi) is 5.35. The average Bonchev–Trinajstić information content (AvgIpc) is 2.55. The van der Waals surface area contributed by atoms with Gasteiger partial charge in [-0.2, -0.15) is 15.4 Å². The van der Waals surface area contributed by atoms with Crippen molar-refractivity contribution in [2.75, 3.05) is 0 Å². The van der Waals surface area contributed by atoms with E-state index in [2.05, 4.69) is 43.1 Å². The normalized spacial score (nSPS) is 10.2. The number of hydrogen-bond acceptors (Lipinski definition) is 2. The summed E-state index contributed by atoms with van der Waals surface area (Å²) < 4.78 is 0. The van der Waals surface area contributed by atoms with E-state index in [0.717, 1.165) is 11.4 Å². The maximum absolute atomic E-state index is 4.10. The van der Waals surface area contributed by atoms with Crippen LogP contribution in [0.3, 0.4) is 0 Å². The summed E-state index contributed by atoms with van der Waals surface area (Å²) in [5, 5.41) is 10.9. The zero-order chi connectivity index (χ0) is 10.4. The van der Waals surface area contributed by atoms with Crippen molar-refractivity contribution in [3.63, 3.8) is 0 Å². The molecule has 0 spiro atoms. The SMILES string of the molecule is CC.CC(C)c1n[nH]nc1C(C)C. The van der Waals surface area contributed by atoms with Crippen molar-refractivity contribution >= 4 is 0 Å². The van der Waals surface area contributed by atoms with Gasteiger partial charge in [0.1, 0.15) is 0 Å². The van der Waals surface area contributed by atoms with Crippen LogP contribution in [-0.2, 0) is 0 Å². The van der Waals surface area contributed by atoms with E-state index in [9.17, 15) is 0 Å². The Labute approximate surface area is 80.9 Å². The van der Waals surface area contributed by atoms with Crippen molar-refractivity contribution in [1.82, 2.24) is 15.4 Å². The molecule has 0 aliphatic heterocycles. The van der Waals surface area contributed by atoms with E-state index in [1.54, 1.807) is 0 Å². The molecule has 0 aromatic carbocycles. The van der Waals surface area contributed by atoms with Crippen molar-refractivity contribution in [2.45, 2.75) is 53.4 Å². The highest BCUT2D eigenvalue weighted by molar-refractivity contribution is 5.15. The Balaban J connectivity index is 0.000000671. The van der Waals surface area contributed by atoms with Crippen LogP contribution in [0.25, 0.3) is 0 Å². The average molecular weight is 183 g/mol. The van der Waals surface area contributed by atoms with Crippen molar-refractivity contribution in [2.24, 2.45) is 0 Å². The summed E-state index contributed by atoms with van der Waals surface area (Å²) in [6.07, 6.45) is 0. The second-order valence-corrected chi connectivity index (χ2v) is 3.40. The highest BCUT2D eigenvalue weighted by atomic mass is 15.3. The maximum Gasteiger partial charge on any atom is 0.0884 e. The molecule has 0 saturated carbocycles. The van der Waals surface area contributed by atoms with Crippen LogP contribution in [0.2, 0.25) is 0 Å². The second kappa shape index (κ2) is 5.73. The van der Waals surface area contributed by atoms with Crippen molar-refractivity contribution in [1.29, 1.82) is 0 Å². The summed E-state index contributed by atoms with van der Waals surface area (Å²) in [6.45, 7) is 12.5. The fourth-order valence-electron chi connectivity index (χ4n) is 1.10. The lowest BCUT2D eigenvalue weighted by Crippen LogP contribution is -1.96. The quantitative estimate of drug-likeness (QED) is 0.765. The minimum atomic E-state index is 0.464. The Morgan fingerprint density at radius 3 is 1.38 bits per heavy atom. The molecule has 0 aliphatic carbocycles. The third kappa shape index (κ3) is 3.17. The summed E-state index contributed by atoms with van der Waals surface area (Å²) in [5.41, 5.74) is 2.19. The zero-order valence-corrected chi connectivity index (χ0v) is 9.55. The monoisotopic (exact) mass is 183 g/mol. The molecule has 0 radical (unpaired) electrons. The first kappa shape index (κ1) is 12.1. The fraction of sp³-hybridized carbons (Fsp3) is 0.800. The van der Waals surface area contributed by atoms with Gasteiger partial charge in [-0.05, 0) is 11.8 Å². The lowest BCUT2D eigenvalue weighted by atomic mass is 10.0. The van der Waals surface area contributed by atoms with Crippen LogP contribution in [0.1, 0.15) is 64.8 Å². The molecule has 13 heavy (non-hydrogen) atoms. The Morgan fingerprint density at radius 2 is 1.15 bits per heavy atom. The number of nitrogens with one attached hydrogen (secondary N) is 1. The number of H-pyrrole nitrogens is 1. The van der Waals surface area contributed by atoms with E-state index in [0.29, 0.717) is 11.8 Å². The molecule has 0 saturated heterocycles. The second-order valence-electron chi connectivity index (χ2n) is 3.40. The van der Waals surface area contributed by atoms with Gasteiger partial charge in [0.05, 0.1) is 11.4 Å². The number of nitrogens with zero attached hydrogens (tertiary/aromatic N) is 2. The van der Waals surface area contributed by atoms with Crippen LogP contribution in [-0.4, -0.2) is 15.4 Å². The Bertz CT molecular complexity index is 203. The van der Waals surface area contributed by atoms with Crippen LogP contribution in [0.5, 0.6) is 0 Å². The molecular weight excluding hydrogens is 162 g/mol. The minimum absolute atomic E-state index is 0.464. The predicted molar refractivity (Wildman–Crippen MR) is 55.9 cm³/mol. The topological polar surface area (TPSA) is 41.6 Å².